The van der Waals surface area contributed by atoms with Gasteiger partial charge in [-0.1, -0.05) is 58.5 Å². The number of nitrogens with one attached hydrogen (secondary N) is 1. The molecule has 0 atom stereocenters. The van der Waals surface area contributed by atoms with Crippen LogP contribution in [-0.4, -0.2) is 12.1 Å². The summed E-state index contributed by atoms with van der Waals surface area (Å²) < 4.78 is 44.0. The van der Waals surface area contributed by atoms with E-state index in [-0.39, 0.29) is 28.0 Å². The summed E-state index contributed by atoms with van der Waals surface area (Å²) in [5, 5.41) is 4.92. The smallest absolute Gasteiger partial charge is 0.416 e. The summed E-state index contributed by atoms with van der Waals surface area (Å²) in [6.45, 7) is 0.136. The fourth-order valence-electron chi connectivity index (χ4n) is 2.64. The molecule has 4 nitrogen and oxygen atoms in total. The minimum Gasteiger partial charge on any atom is -0.486 e. The average molecular weight is 536 g/mol. The van der Waals surface area contributed by atoms with Gasteiger partial charge in [-0.2, -0.15) is 18.3 Å². The number of hydrogen-bond acceptors (Lipinski definition) is 3. The molecule has 172 valence electrons. The van der Waals surface area contributed by atoms with E-state index in [2.05, 4.69) is 10.5 Å². The highest BCUT2D eigenvalue weighted by molar-refractivity contribution is 6.42. The Bertz CT molecular complexity index is 1190. The van der Waals surface area contributed by atoms with Crippen molar-refractivity contribution in [2.75, 3.05) is 0 Å². The van der Waals surface area contributed by atoms with Crippen molar-refractivity contribution >= 4 is 58.5 Å². The van der Waals surface area contributed by atoms with Crippen LogP contribution in [0.25, 0.3) is 0 Å². The predicted octanol–water partition coefficient (Wildman–Crippen LogP) is 7.66. The molecule has 0 aliphatic rings. The van der Waals surface area contributed by atoms with Crippen LogP contribution in [0, 0.1) is 0 Å². The molecule has 0 aromatic heterocycles. The number of alkyl halides is 3. The van der Waals surface area contributed by atoms with Crippen LogP contribution < -0.4 is 10.2 Å². The largest absolute Gasteiger partial charge is 0.486 e. The Kier molecular flexibility index (Phi) is 8.13. The van der Waals surface area contributed by atoms with Gasteiger partial charge in [0.2, 0.25) is 0 Å². The van der Waals surface area contributed by atoms with Crippen molar-refractivity contribution in [1.82, 2.24) is 5.43 Å². The third-order valence-electron chi connectivity index (χ3n) is 4.22. The Balaban J connectivity index is 1.66. The van der Waals surface area contributed by atoms with Crippen LogP contribution in [0.15, 0.2) is 59.7 Å². The van der Waals surface area contributed by atoms with Crippen molar-refractivity contribution in [2.24, 2.45) is 5.10 Å². The first-order chi connectivity index (χ1) is 15.5. The van der Waals surface area contributed by atoms with Crippen LogP contribution in [0.4, 0.5) is 13.2 Å². The summed E-state index contributed by atoms with van der Waals surface area (Å²) in [4.78, 5) is 12.1. The zero-order valence-corrected chi connectivity index (χ0v) is 19.4. The second-order valence-corrected chi connectivity index (χ2v) is 8.26. The fourth-order valence-corrected chi connectivity index (χ4v) is 3.58. The quantitative estimate of drug-likeness (QED) is 0.260. The van der Waals surface area contributed by atoms with Crippen molar-refractivity contribution < 1.29 is 22.7 Å². The van der Waals surface area contributed by atoms with Gasteiger partial charge in [0, 0.05) is 5.56 Å². The summed E-state index contributed by atoms with van der Waals surface area (Å²) in [6.07, 6.45) is -3.32. The predicted molar refractivity (Wildman–Crippen MR) is 124 cm³/mol. The molecule has 0 fully saturated rings. The molecular formula is C22H13Cl4F3N2O2. The molecule has 0 unspecified atom stereocenters. The summed E-state index contributed by atoms with van der Waals surface area (Å²) in [6, 6.07) is 12.0. The number of carbonyl (C=O) groups is 1. The van der Waals surface area contributed by atoms with Gasteiger partial charge in [0.25, 0.3) is 5.91 Å². The van der Waals surface area contributed by atoms with Crippen molar-refractivity contribution in [3.8, 4) is 5.75 Å². The zero-order valence-electron chi connectivity index (χ0n) is 16.4. The Hall–Kier alpha value is -2.45. The van der Waals surface area contributed by atoms with Crippen molar-refractivity contribution in [2.45, 2.75) is 12.8 Å². The van der Waals surface area contributed by atoms with Crippen LogP contribution in [0.5, 0.6) is 5.75 Å². The van der Waals surface area contributed by atoms with Crippen LogP contribution in [0.3, 0.4) is 0 Å². The summed E-state index contributed by atoms with van der Waals surface area (Å²) in [7, 11) is 0. The van der Waals surface area contributed by atoms with Crippen LogP contribution in [0.1, 0.15) is 27.0 Å². The first-order valence-corrected chi connectivity index (χ1v) is 10.6. The SMILES string of the molecule is O=C(N/N=C\c1cc(Cl)c(OCc2ccc(Cl)c(Cl)c2)c(Cl)c1)c1cccc(C(F)(F)F)c1. The molecule has 11 heteroatoms. The molecule has 0 aliphatic heterocycles. The second-order valence-electron chi connectivity index (χ2n) is 6.63. The average Bonchev–Trinajstić information content (AvgIpc) is 2.75. The topological polar surface area (TPSA) is 50.7 Å². The van der Waals surface area contributed by atoms with E-state index >= 15 is 0 Å². The van der Waals surface area contributed by atoms with Crippen LogP contribution in [-0.2, 0) is 12.8 Å². The van der Waals surface area contributed by atoms with Gasteiger partial charge in [-0.05, 0) is 53.6 Å². The first kappa shape index (κ1) is 25.2. The van der Waals surface area contributed by atoms with E-state index in [9.17, 15) is 18.0 Å². The molecule has 3 rings (SSSR count). The number of amides is 1. The summed E-state index contributed by atoms with van der Waals surface area (Å²) in [5.41, 5.74) is 2.21. The van der Waals surface area contributed by atoms with Gasteiger partial charge >= 0.3 is 6.18 Å². The maximum absolute atomic E-state index is 12.8. The van der Waals surface area contributed by atoms with E-state index < -0.39 is 17.6 Å². The maximum atomic E-state index is 12.8. The molecule has 33 heavy (non-hydrogen) atoms. The molecular weight excluding hydrogens is 523 g/mol. The van der Waals surface area contributed by atoms with Gasteiger partial charge in [0.1, 0.15) is 6.61 Å². The molecule has 3 aromatic rings. The third-order valence-corrected chi connectivity index (χ3v) is 5.52. The molecule has 0 spiro atoms. The molecule has 3 aromatic carbocycles. The van der Waals surface area contributed by atoms with E-state index in [1.807, 2.05) is 0 Å². The zero-order chi connectivity index (χ0) is 24.2. The lowest BCUT2D eigenvalue weighted by Crippen LogP contribution is -2.18. The highest BCUT2D eigenvalue weighted by atomic mass is 35.5. The number of nitrogens with zero attached hydrogens (tertiary/aromatic N) is 1. The van der Waals surface area contributed by atoms with E-state index in [0.29, 0.717) is 15.6 Å². The molecule has 0 heterocycles. The highest BCUT2D eigenvalue weighted by Crippen LogP contribution is 2.35. The number of benzene rings is 3. The lowest BCUT2D eigenvalue weighted by Gasteiger charge is -2.11. The molecule has 0 radical (unpaired) electrons. The second kappa shape index (κ2) is 10.7. The summed E-state index contributed by atoms with van der Waals surface area (Å²) in [5.74, 6) is -0.578. The van der Waals surface area contributed by atoms with Gasteiger partial charge in [-0.25, -0.2) is 5.43 Å². The van der Waals surface area contributed by atoms with Gasteiger partial charge < -0.3 is 4.74 Å². The van der Waals surface area contributed by atoms with Gasteiger partial charge in [-0.15, -0.1) is 0 Å². The van der Waals surface area contributed by atoms with E-state index in [1.54, 1.807) is 18.2 Å². The van der Waals surface area contributed by atoms with E-state index in [4.69, 9.17) is 51.1 Å². The van der Waals surface area contributed by atoms with Gasteiger partial charge in [0.15, 0.2) is 5.75 Å². The number of hydrazone groups is 1. The standard InChI is InChI=1S/C22H13Cl4F3N2O2/c23-16-5-4-12(6-17(16)24)11-33-20-18(25)7-13(8-19(20)26)10-30-31-21(32)14-2-1-3-15(9-14)22(27,28)29/h1-10H,11H2,(H,31,32)/b30-10-. The number of halogens is 7. The van der Waals surface area contributed by atoms with Crippen LogP contribution >= 0.6 is 46.4 Å². The Morgan fingerprint density at radius 1 is 0.939 bits per heavy atom. The number of carbonyl (C=O) groups excluding carboxylic acids is 1. The maximum Gasteiger partial charge on any atom is 0.416 e. The molecule has 0 saturated carbocycles. The molecule has 0 saturated heterocycles. The Morgan fingerprint density at radius 2 is 1.64 bits per heavy atom. The lowest BCUT2D eigenvalue weighted by molar-refractivity contribution is -0.137. The van der Waals surface area contributed by atoms with Crippen LogP contribution in [0.2, 0.25) is 20.1 Å². The van der Waals surface area contributed by atoms with Gasteiger partial charge in [-0.3, -0.25) is 4.79 Å². The van der Waals surface area contributed by atoms with E-state index in [0.717, 1.165) is 23.8 Å². The van der Waals surface area contributed by atoms with E-state index in [1.165, 1.54) is 24.4 Å². The number of hydrogen-bond donors (Lipinski definition) is 1. The lowest BCUT2D eigenvalue weighted by atomic mass is 10.1. The Morgan fingerprint density at radius 3 is 2.27 bits per heavy atom. The minimum absolute atomic E-state index is 0.136. The minimum atomic E-state index is -4.56. The van der Waals surface area contributed by atoms with Crippen molar-refractivity contribution in [3.63, 3.8) is 0 Å². The van der Waals surface area contributed by atoms with Crippen molar-refractivity contribution in [3.05, 3.63) is 96.9 Å². The third kappa shape index (κ3) is 6.77. The monoisotopic (exact) mass is 534 g/mol. The molecule has 1 N–H and O–H groups in total. The summed E-state index contributed by atoms with van der Waals surface area (Å²) >= 11 is 24.4. The highest BCUT2D eigenvalue weighted by Gasteiger charge is 2.30. The van der Waals surface area contributed by atoms with Crippen molar-refractivity contribution in [1.29, 1.82) is 0 Å². The number of ether oxygens (including phenoxy) is 1. The molecule has 0 bridgehead atoms. The fraction of sp³-hybridized carbons (Fsp3) is 0.0909. The first-order valence-electron chi connectivity index (χ1n) is 9.11. The normalized spacial score (nSPS) is 11.6. The molecule has 1 amide bonds. The number of rotatable bonds is 6. The molecule has 0 aliphatic carbocycles. The Labute approximate surface area is 206 Å². The van der Waals surface area contributed by atoms with Gasteiger partial charge in [0.05, 0.1) is 31.9 Å².